The number of carbonyl (C=O) groups excluding carboxylic acids is 1. The van der Waals surface area contributed by atoms with Crippen molar-refractivity contribution in [1.29, 1.82) is 0 Å². The molecule has 3 heteroatoms. The van der Waals surface area contributed by atoms with E-state index in [-0.39, 0.29) is 11.9 Å². The molecule has 0 radical (unpaired) electrons. The number of nitrogens with two attached hydrogens (primary N) is 1. The van der Waals surface area contributed by atoms with Crippen LogP contribution in [0, 0.1) is 13.8 Å². The molecule has 2 aromatic rings. The minimum absolute atomic E-state index is 0.107. The summed E-state index contributed by atoms with van der Waals surface area (Å²) in [5.74, 6) is 0.107. The van der Waals surface area contributed by atoms with Gasteiger partial charge in [-0.25, -0.2) is 0 Å². The molecule has 1 heterocycles. The van der Waals surface area contributed by atoms with Crippen LogP contribution in [0.4, 0.5) is 0 Å². The van der Waals surface area contributed by atoms with Crippen LogP contribution in [0.15, 0.2) is 42.5 Å². The summed E-state index contributed by atoms with van der Waals surface area (Å²) in [6, 6.07) is 14.6. The number of amides is 1. The van der Waals surface area contributed by atoms with E-state index in [1.807, 2.05) is 30.0 Å². The highest BCUT2D eigenvalue weighted by Gasteiger charge is 2.33. The molecule has 1 unspecified atom stereocenters. The van der Waals surface area contributed by atoms with E-state index < -0.39 is 0 Å². The predicted octanol–water partition coefficient (Wildman–Crippen LogP) is 3.14. The van der Waals surface area contributed by atoms with Crippen LogP contribution < -0.4 is 5.73 Å². The smallest absolute Gasteiger partial charge is 0.255 e. The number of hydrogen-bond donors (Lipinski definition) is 1. The number of carbonyl (C=O) groups is 1. The average molecular weight is 294 g/mol. The van der Waals surface area contributed by atoms with Crippen molar-refractivity contribution in [3.05, 3.63) is 59.2 Å². The predicted molar refractivity (Wildman–Crippen MR) is 89.8 cm³/mol. The normalized spacial score (nSPS) is 17.2. The summed E-state index contributed by atoms with van der Waals surface area (Å²) < 4.78 is 0. The minimum Gasteiger partial charge on any atom is -0.334 e. The van der Waals surface area contributed by atoms with Gasteiger partial charge in [0.2, 0.25) is 0 Å². The Kier molecular flexibility index (Phi) is 3.99. The molecule has 22 heavy (non-hydrogen) atoms. The van der Waals surface area contributed by atoms with Gasteiger partial charge >= 0.3 is 0 Å². The molecule has 2 N–H and O–H groups in total. The topological polar surface area (TPSA) is 46.3 Å². The molecule has 1 aliphatic heterocycles. The molecular formula is C19H22N2O. The van der Waals surface area contributed by atoms with E-state index in [0.29, 0.717) is 6.54 Å². The highest BCUT2D eigenvalue weighted by molar-refractivity contribution is 6.02. The van der Waals surface area contributed by atoms with Crippen molar-refractivity contribution in [2.45, 2.75) is 26.3 Å². The lowest BCUT2D eigenvalue weighted by Gasteiger charge is -2.41. The first-order chi connectivity index (χ1) is 10.6. The summed E-state index contributed by atoms with van der Waals surface area (Å²) >= 11 is 0. The first-order valence-electron chi connectivity index (χ1n) is 7.79. The standard InChI is InChI=1S/C19H22N2O/c1-13-6-8-15(9-7-13)17-5-3-4-14(2)18(17)19(22)21-11-10-16(21)12-20/h3-9,16H,10-12,20H2,1-2H3. The third-order valence-corrected chi connectivity index (χ3v) is 4.53. The van der Waals surface area contributed by atoms with Gasteiger partial charge in [-0.05, 0) is 37.0 Å². The fourth-order valence-electron chi connectivity index (χ4n) is 3.02. The van der Waals surface area contributed by atoms with Gasteiger partial charge in [0, 0.05) is 19.1 Å². The second-order valence-electron chi connectivity index (χ2n) is 6.04. The summed E-state index contributed by atoms with van der Waals surface area (Å²) in [6.45, 7) is 5.42. The maximum atomic E-state index is 12.9. The Morgan fingerprint density at radius 3 is 2.50 bits per heavy atom. The van der Waals surface area contributed by atoms with Crippen LogP contribution >= 0.6 is 0 Å². The molecule has 1 amide bonds. The quantitative estimate of drug-likeness (QED) is 0.945. The van der Waals surface area contributed by atoms with E-state index in [1.54, 1.807) is 0 Å². The number of hydrogen-bond acceptors (Lipinski definition) is 2. The van der Waals surface area contributed by atoms with Crippen LogP contribution in [0.2, 0.25) is 0 Å². The SMILES string of the molecule is Cc1ccc(-c2cccc(C)c2C(=O)N2CCC2CN)cc1. The maximum Gasteiger partial charge on any atom is 0.255 e. The van der Waals surface area contributed by atoms with E-state index in [0.717, 1.165) is 35.2 Å². The van der Waals surface area contributed by atoms with Crippen molar-refractivity contribution in [1.82, 2.24) is 4.90 Å². The number of benzene rings is 2. The first kappa shape index (κ1) is 14.8. The Bertz CT molecular complexity index is 689. The van der Waals surface area contributed by atoms with Gasteiger partial charge in [-0.2, -0.15) is 0 Å². The van der Waals surface area contributed by atoms with Gasteiger partial charge in [0.25, 0.3) is 5.91 Å². The highest BCUT2D eigenvalue weighted by Crippen LogP contribution is 2.30. The van der Waals surface area contributed by atoms with Crippen LogP contribution in [0.1, 0.15) is 27.9 Å². The summed E-state index contributed by atoms with van der Waals surface area (Å²) in [7, 11) is 0. The Morgan fingerprint density at radius 1 is 1.18 bits per heavy atom. The first-order valence-corrected chi connectivity index (χ1v) is 7.79. The summed E-state index contributed by atoms with van der Waals surface area (Å²) in [5.41, 5.74) is 10.9. The van der Waals surface area contributed by atoms with E-state index in [4.69, 9.17) is 5.73 Å². The van der Waals surface area contributed by atoms with Crippen molar-refractivity contribution in [2.24, 2.45) is 5.73 Å². The number of likely N-dealkylation sites (tertiary alicyclic amines) is 1. The van der Waals surface area contributed by atoms with Gasteiger partial charge in [-0.3, -0.25) is 4.79 Å². The third kappa shape index (κ3) is 2.53. The molecule has 3 nitrogen and oxygen atoms in total. The molecule has 0 saturated carbocycles. The molecular weight excluding hydrogens is 272 g/mol. The monoisotopic (exact) mass is 294 g/mol. The van der Waals surface area contributed by atoms with Crippen LogP contribution in [0.25, 0.3) is 11.1 Å². The molecule has 1 fully saturated rings. The molecule has 1 saturated heterocycles. The molecule has 3 rings (SSSR count). The average Bonchev–Trinajstić information content (AvgIpc) is 2.47. The van der Waals surface area contributed by atoms with Crippen molar-refractivity contribution in [3.63, 3.8) is 0 Å². The number of rotatable bonds is 3. The van der Waals surface area contributed by atoms with Gasteiger partial charge in [0.15, 0.2) is 0 Å². The van der Waals surface area contributed by atoms with E-state index in [2.05, 4.69) is 31.2 Å². The maximum absolute atomic E-state index is 12.9. The fourth-order valence-corrected chi connectivity index (χ4v) is 3.02. The molecule has 0 bridgehead atoms. The van der Waals surface area contributed by atoms with Crippen LogP contribution in [0.3, 0.4) is 0 Å². The van der Waals surface area contributed by atoms with Gasteiger partial charge < -0.3 is 10.6 Å². The lowest BCUT2D eigenvalue weighted by Crippen LogP contribution is -2.54. The Hall–Kier alpha value is -2.13. The zero-order chi connectivity index (χ0) is 15.7. The minimum atomic E-state index is 0.107. The van der Waals surface area contributed by atoms with Gasteiger partial charge in [0.1, 0.15) is 0 Å². The molecule has 0 spiro atoms. The second kappa shape index (κ2) is 5.93. The second-order valence-corrected chi connectivity index (χ2v) is 6.04. The van der Waals surface area contributed by atoms with Gasteiger partial charge in [-0.1, -0.05) is 48.0 Å². The van der Waals surface area contributed by atoms with E-state index in [9.17, 15) is 4.79 Å². The van der Waals surface area contributed by atoms with Crippen molar-refractivity contribution in [3.8, 4) is 11.1 Å². The van der Waals surface area contributed by atoms with Crippen LogP contribution in [-0.4, -0.2) is 29.9 Å². The molecule has 114 valence electrons. The van der Waals surface area contributed by atoms with Gasteiger partial charge in [0.05, 0.1) is 5.56 Å². The fraction of sp³-hybridized carbons (Fsp3) is 0.316. The number of aryl methyl sites for hydroxylation is 2. The highest BCUT2D eigenvalue weighted by atomic mass is 16.2. The zero-order valence-corrected chi connectivity index (χ0v) is 13.2. The van der Waals surface area contributed by atoms with E-state index >= 15 is 0 Å². The molecule has 0 aliphatic carbocycles. The lowest BCUT2D eigenvalue weighted by atomic mass is 9.92. The Labute approximate surface area is 131 Å². The largest absolute Gasteiger partial charge is 0.334 e. The lowest BCUT2D eigenvalue weighted by molar-refractivity contribution is 0.0482. The molecule has 0 aromatic heterocycles. The Balaban J connectivity index is 2.03. The number of nitrogens with zero attached hydrogens (tertiary/aromatic N) is 1. The Morgan fingerprint density at radius 2 is 1.91 bits per heavy atom. The zero-order valence-electron chi connectivity index (χ0n) is 13.2. The van der Waals surface area contributed by atoms with Crippen LogP contribution in [-0.2, 0) is 0 Å². The summed E-state index contributed by atoms with van der Waals surface area (Å²) in [4.78, 5) is 14.9. The molecule has 1 aliphatic rings. The van der Waals surface area contributed by atoms with Gasteiger partial charge in [-0.15, -0.1) is 0 Å². The summed E-state index contributed by atoms with van der Waals surface area (Å²) in [5, 5.41) is 0. The van der Waals surface area contributed by atoms with Crippen molar-refractivity contribution in [2.75, 3.05) is 13.1 Å². The van der Waals surface area contributed by atoms with Crippen LogP contribution in [0.5, 0.6) is 0 Å². The molecule has 1 atom stereocenters. The van der Waals surface area contributed by atoms with Crippen molar-refractivity contribution < 1.29 is 4.79 Å². The van der Waals surface area contributed by atoms with Crippen molar-refractivity contribution >= 4 is 5.91 Å². The summed E-state index contributed by atoms with van der Waals surface area (Å²) in [6.07, 6.45) is 1.01. The third-order valence-electron chi connectivity index (χ3n) is 4.53. The van der Waals surface area contributed by atoms with E-state index in [1.165, 1.54) is 5.56 Å². The molecule has 2 aromatic carbocycles.